The number of hydrogen-bond donors (Lipinski definition) is 3. The molecule has 3 aromatic heterocycles. The lowest BCUT2D eigenvalue weighted by Gasteiger charge is -2.39. The summed E-state index contributed by atoms with van der Waals surface area (Å²) in [6.45, 7) is 2.67. The van der Waals surface area contributed by atoms with E-state index in [-0.39, 0.29) is 34.7 Å². The van der Waals surface area contributed by atoms with Crippen molar-refractivity contribution < 1.29 is 31.2 Å². The number of amides is 1. The molecule has 0 radical (unpaired) electrons. The number of alkyl halides is 5. The number of carbonyl (C=O) groups excluding carboxylic acids is 1. The Labute approximate surface area is 226 Å². The summed E-state index contributed by atoms with van der Waals surface area (Å²) in [5.41, 5.74) is -0.565. The molecule has 15 heteroatoms. The quantitative estimate of drug-likeness (QED) is 0.341. The summed E-state index contributed by atoms with van der Waals surface area (Å²) in [5.74, 6) is -0.896. The van der Waals surface area contributed by atoms with Gasteiger partial charge in [0.2, 0.25) is 5.89 Å². The molecule has 1 saturated heterocycles. The smallest absolute Gasteiger partial charge is 0.405 e. The Hall–Kier alpha value is -3.59. The van der Waals surface area contributed by atoms with Crippen molar-refractivity contribution in [3.8, 4) is 11.5 Å². The Bertz CT molecular complexity index is 1300. The summed E-state index contributed by atoms with van der Waals surface area (Å²) < 4.78 is 71.9. The van der Waals surface area contributed by atoms with Gasteiger partial charge in [-0.3, -0.25) is 14.4 Å². The molecule has 0 unspecified atom stereocenters. The molecule has 216 valence electrons. The first-order valence-electron chi connectivity index (χ1n) is 13.0. The van der Waals surface area contributed by atoms with E-state index in [4.69, 9.17) is 4.42 Å². The number of anilines is 2. The van der Waals surface area contributed by atoms with Crippen molar-refractivity contribution >= 4 is 17.4 Å². The van der Waals surface area contributed by atoms with Crippen LogP contribution in [0.15, 0.2) is 35.2 Å². The topological polar surface area (TPSA) is 113 Å². The Morgan fingerprint density at radius 3 is 2.58 bits per heavy atom. The van der Waals surface area contributed by atoms with Gasteiger partial charge in [-0.15, -0.1) is 0 Å². The number of aromatic nitrogens is 4. The van der Waals surface area contributed by atoms with E-state index in [1.54, 1.807) is 0 Å². The maximum absolute atomic E-state index is 13.8. The highest BCUT2D eigenvalue weighted by molar-refractivity contribution is 6.03. The molecule has 3 aromatic rings. The minimum Gasteiger partial charge on any atom is -0.444 e. The van der Waals surface area contributed by atoms with Gasteiger partial charge < -0.3 is 20.4 Å². The standard InChI is InChI=1S/C25H29F5N8O2/c26-22(27)21-18(12-38(36-21)17-3-1-16(2-4-17)37-9-7-31-8-10-37)34-23(39)19-13-40-24(35-19)15-5-6-32-20(11-15)33-14-25(28,29)30/h5-6,11-13,16-17,22,31H,1-4,7-10,14H2,(H,32,33)(H,34,39). The van der Waals surface area contributed by atoms with Gasteiger partial charge in [0, 0.05) is 50.2 Å². The molecule has 1 aliphatic carbocycles. The van der Waals surface area contributed by atoms with E-state index < -0.39 is 30.7 Å². The molecular formula is C25H29F5N8O2. The summed E-state index contributed by atoms with van der Waals surface area (Å²) in [6, 6.07) is 3.16. The van der Waals surface area contributed by atoms with Crippen LogP contribution in [-0.4, -0.2) is 75.5 Å². The number of piperazine rings is 1. The molecule has 0 bridgehead atoms. The van der Waals surface area contributed by atoms with Crippen LogP contribution < -0.4 is 16.0 Å². The van der Waals surface area contributed by atoms with Gasteiger partial charge in [-0.2, -0.15) is 18.3 Å². The lowest BCUT2D eigenvalue weighted by atomic mass is 9.90. The molecule has 3 N–H and O–H groups in total. The van der Waals surface area contributed by atoms with Crippen molar-refractivity contribution in [3.63, 3.8) is 0 Å². The number of oxazole rings is 1. The molecule has 0 atom stereocenters. The zero-order valence-corrected chi connectivity index (χ0v) is 21.4. The van der Waals surface area contributed by atoms with E-state index in [1.165, 1.54) is 29.2 Å². The SMILES string of the molecule is O=C(Nc1cn(C2CCC(N3CCNCC3)CC2)nc1C(F)F)c1coc(-c2ccnc(NCC(F)(F)F)c2)n1. The second-order valence-corrected chi connectivity index (χ2v) is 9.85. The number of nitrogens with one attached hydrogen (secondary N) is 3. The van der Waals surface area contributed by atoms with Crippen LogP contribution in [0.3, 0.4) is 0 Å². The summed E-state index contributed by atoms with van der Waals surface area (Å²) in [4.78, 5) is 23.2. The van der Waals surface area contributed by atoms with Crippen LogP contribution in [0.2, 0.25) is 0 Å². The number of hydrogen-bond acceptors (Lipinski definition) is 8. The molecule has 0 spiro atoms. The zero-order valence-electron chi connectivity index (χ0n) is 21.4. The molecule has 40 heavy (non-hydrogen) atoms. The lowest BCUT2D eigenvalue weighted by Crippen LogP contribution is -2.49. The number of pyridine rings is 1. The van der Waals surface area contributed by atoms with Gasteiger partial charge in [-0.1, -0.05) is 0 Å². The Morgan fingerprint density at radius 1 is 1.15 bits per heavy atom. The van der Waals surface area contributed by atoms with Gasteiger partial charge in [-0.05, 0) is 37.8 Å². The van der Waals surface area contributed by atoms with Crippen LogP contribution in [0, 0.1) is 0 Å². The highest BCUT2D eigenvalue weighted by Gasteiger charge is 2.30. The fourth-order valence-corrected chi connectivity index (χ4v) is 5.13. The summed E-state index contributed by atoms with van der Waals surface area (Å²) in [7, 11) is 0. The van der Waals surface area contributed by atoms with Gasteiger partial charge in [0.15, 0.2) is 11.4 Å². The number of nitrogens with zero attached hydrogens (tertiary/aromatic N) is 5. The van der Waals surface area contributed by atoms with Gasteiger partial charge in [0.05, 0.1) is 11.7 Å². The molecule has 2 fully saturated rings. The van der Waals surface area contributed by atoms with E-state index in [2.05, 4.69) is 35.9 Å². The van der Waals surface area contributed by atoms with Crippen LogP contribution >= 0.6 is 0 Å². The lowest BCUT2D eigenvalue weighted by molar-refractivity contribution is -0.115. The van der Waals surface area contributed by atoms with Crippen LogP contribution in [0.1, 0.15) is 54.3 Å². The fraction of sp³-hybridized carbons (Fsp3) is 0.520. The van der Waals surface area contributed by atoms with Crippen molar-refractivity contribution in [2.45, 2.75) is 50.4 Å². The zero-order chi connectivity index (χ0) is 28.3. The van der Waals surface area contributed by atoms with Crippen molar-refractivity contribution in [3.05, 3.63) is 42.2 Å². The molecule has 4 heterocycles. The van der Waals surface area contributed by atoms with Crippen LogP contribution in [0.4, 0.5) is 33.5 Å². The minimum absolute atomic E-state index is 0.0476. The number of rotatable bonds is 8. The van der Waals surface area contributed by atoms with Crippen molar-refractivity contribution in [2.24, 2.45) is 0 Å². The number of halogens is 5. The summed E-state index contributed by atoms with van der Waals surface area (Å²) in [5, 5.41) is 12.1. The third-order valence-electron chi connectivity index (χ3n) is 7.14. The number of carbonyl (C=O) groups is 1. The maximum Gasteiger partial charge on any atom is 0.405 e. The molecule has 2 aliphatic rings. The van der Waals surface area contributed by atoms with Crippen LogP contribution in [-0.2, 0) is 0 Å². The third-order valence-corrected chi connectivity index (χ3v) is 7.14. The van der Waals surface area contributed by atoms with Crippen molar-refractivity contribution in [2.75, 3.05) is 43.4 Å². The second-order valence-electron chi connectivity index (χ2n) is 9.85. The van der Waals surface area contributed by atoms with Gasteiger partial charge >= 0.3 is 6.18 Å². The van der Waals surface area contributed by atoms with Crippen molar-refractivity contribution in [1.82, 2.24) is 30.0 Å². The molecule has 10 nitrogen and oxygen atoms in total. The predicted molar refractivity (Wildman–Crippen MR) is 135 cm³/mol. The highest BCUT2D eigenvalue weighted by Crippen LogP contribution is 2.34. The molecular weight excluding hydrogens is 539 g/mol. The van der Waals surface area contributed by atoms with E-state index in [1.807, 2.05) is 0 Å². The minimum atomic E-state index is -4.43. The molecule has 1 amide bonds. The Kier molecular flexibility index (Phi) is 8.30. The van der Waals surface area contributed by atoms with Crippen LogP contribution in [0.5, 0.6) is 0 Å². The van der Waals surface area contributed by atoms with E-state index >= 15 is 0 Å². The fourth-order valence-electron chi connectivity index (χ4n) is 5.13. The van der Waals surface area contributed by atoms with Gasteiger partial charge in [-0.25, -0.2) is 18.7 Å². The largest absolute Gasteiger partial charge is 0.444 e. The highest BCUT2D eigenvalue weighted by atomic mass is 19.4. The molecule has 5 rings (SSSR count). The van der Waals surface area contributed by atoms with E-state index in [9.17, 15) is 26.7 Å². The van der Waals surface area contributed by atoms with Crippen LogP contribution in [0.25, 0.3) is 11.5 Å². The normalized spacial score (nSPS) is 20.6. The van der Waals surface area contributed by atoms with E-state index in [0.717, 1.165) is 58.1 Å². The van der Waals surface area contributed by atoms with E-state index in [0.29, 0.717) is 6.04 Å². The third kappa shape index (κ3) is 6.75. The first kappa shape index (κ1) is 28.0. The maximum atomic E-state index is 13.8. The first-order chi connectivity index (χ1) is 19.2. The molecule has 1 saturated carbocycles. The molecule has 0 aromatic carbocycles. The second kappa shape index (κ2) is 11.9. The average molecular weight is 569 g/mol. The monoisotopic (exact) mass is 568 g/mol. The Balaban J connectivity index is 1.24. The molecule has 1 aliphatic heterocycles. The first-order valence-corrected chi connectivity index (χ1v) is 13.0. The summed E-state index contributed by atoms with van der Waals surface area (Å²) in [6.07, 6.45) is -0.119. The summed E-state index contributed by atoms with van der Waals surface area (Å²) >= 11 is 0. The van der Waals surface area contributed by atoms with Gasteiger partial charge in [0.25, 0.3) is 12.3 Å². The van der Waals surface area contributed by atoms with Gasteiger partial charge in [0.1, 0.15) is 18.6 Å². The van der Waals surface area contributed by atoms with Crippen molar-refractivity contribution in [1.29, 1.82) is 0 Å². The predicted octanol–water partition coefficient (Wildman–Crippen LogP) is 4.49. The average Bonchev–Trinajstić information content (AvgIpc) is 3.61. The Morgan fingerprint density at radius 2 is 1.88 bits per heavy atom.